The van der Waals surface area contributed by atoms with E-state index in [1.165, 1.54) is 13.3 Å². The summed E-state index contributed by atoms with van der Waals surface area (Å²) in [6.07, 6.45) is 4.17. The molecule has 1 saturated heterocycles. The first kappa shape index (κ1) is 25.7. The Kier molecular flexibility index (Phi) is 7.31. The Morgan fingerprint density at radius 3 is 2.63 bits per heavy atom. The van der Waals surface area contributed by atoms with Gasteiger partial charge in [0.2, 0.25) is 5.91 Å². The van der Waals surface area contributed by atoms with E-state index in [0.717, 1.165) is 16.6 Å². The Labute approximate surface area is 225 Å². The van der Waals surface area contributed by atoms with Gasteiger partial charge in [-0.05, 0) is 54.8 Å². The van der Waals surface area contributed by atoms with Crippen molar-refractivity contribution in [2.24, 2.45) is 0 Å². The Hall–Kier alpha value is -3.95. The number of anilines is 2. The van der Waals surface area contributed by atoms with E-state index < -0.39 is 5.60 Å². The Morgan fingerprint density at radius 1 is 1.13 bits per heavy atom. The molecule has 0 atom stereocenters. The first-order chi connectivity index (χ1) is 18.3. The molecule has 2 aromatic heterocycles. The Morgan fingerprint density at radius 2 is 1.89 bits per heavy atom. The van der Waals surface area contributed by atoms with Crippen LogP contribution in [0.15, 0.2) is 67.1 Å². The molecule has 9 nitrogen and oxygen atoms in total. The van der Waals surface area contributed by atoms with Crippen LogP contribution in [0.1, 0.15) is 35.7 Å². The molecule has 0 aliphatic carbocycles. The number of fused-ring (bicyclic) bond motifs is 1. The summed E-state index contributed by atoms with van der Waals surface area (Å²) in [5.41, 5.74) is 1.85. The molecular weight excluding hydrogens is 504 g/mol. The van der Waals surface area contributed by atoms with Crippen molar-refractivity contribution >= 4 is 46.0 Å². The van der Waals surface area contributed by atoms with E-state index in [1.54, 1.807) is 29.3 Å². The highest BCUT2D eigenvalue weighted by Gasteiger charge is 2.35. The lowest BCUT2D eigenvalue weighted by Crippen LogP contribution is -2.45. The van der Waals surface area contributed by atoms with Crippen LogP contribution in [0.3, 0.4) is 0 Å². The fourth-order valence-corrected chi connectivity index (χ4v) is 5.02. The third-order valence-electron chi connectivity index (χ3n) is 6.96. The molecular formula is C28H29ClN6O3. The van der Waals surface area contributed by atoms with Crippen molar-refractivity contribution in [3.8, 4) is 0 Å². The predicted octanol–water partition coefficient (Wildman–Crippen LogP) is 4.01. The normalized spacial score (nSPS) is 14.9. The molecule has 0 bridgehead atoms. The van der Waals surface area contributed by atoms with Gasteiger partial charge in [-0.15, -0.1) is 0 Å². The minimum atomic E-state index is -0.987. The van der Waals surface area contributed by atoms with Crippen molar-refractivity contribution < 1.29 is 14.7 Å². The number of aromatic amines is 1. The molecule has 10 heteroatoms. The summed E-state index contributed by atoms with van der Waals surface area (Å²) in [4.78, 5) is 40.7. The number of aromatic nitrogens is 3. The number of amides is 2. The van der Waals surface area contributed by atoms with Gasteiger partial charge in [-0.2, -0.15) is 0 Å². The summed E-state index contributed by atoms with van der Waals surface area (Å²) in [5.74, 6) is 0.463. The highest BCUT2D eigenvalue weighted by Crippen LogP contribution is 2.34. The smallest absolute Gasteiger partial charge is 0.253 e. The minimum absolute atomic E-state index is 0.0960. The highest BCUT2D eigenvalue weighted by molar-refractivity contribution is 6.30. The Bertz CT molecular complexity index is 1450. The molecule has 5 rings (SSSR count). The number of hydrogen-bond donors (Lipinski definition) is 3. The number of nitrogens with one attached hydrogen (secondary N) is 2. The Balaban J connectivity index is 1.37. The molecule has 38 heavy (non-hydrogen) atoms. The third-order valence-corrected chi connectivity index (χ3v) is 7.21. The number of carbonyl (C=O) groups is 2. The van der Waals surface area contributed by atoms with Crippen LogP contribution in [-0.4, -0.2) is 63.0 Å². The van der Waals surface area contributed by atoms with Crippen molar-refractivity contribution in [1.29, 1.82) is 0 Å². The molecule has 0 spiro atoms. The van der Waals surface area contributed by atoms with Crippen LogP contribution < -0.4 is 10.2 Å². The van der Waals surface area contributed by atoms with Crippen LogP contribution in [0, 0.1) is 0 Å². The second kappa shape index (κ2) is 10.8. The van der Waals surface area contributed by atoms with Gasteiger partial charge >= 0.3 is 0 Å². The largest absolute Gasteiger partial charge is 0.385 e. The SMILES string of the molecule is CC(=O)NCCN(c1cccc(C(=O)N2CCC(O)(c3ccc(Cl)cc3)CC2)c1)c1ncnc2[nH]ccc12. The summed E-state index contributed by atoms with van der Waals surface area (Å²) < 4.78 is 0. The summed E-state index contributed by atoms with van der Waals surface area (Å²) in [7, 11) is 0. The van der Waals surface area contributed by atoms with Gasteiger partial charge < -0.3 is 25.2 Å². The molecule has 0 unspecified atom stereocenters. The fourth-order valence-electron chi connectivity index (χ4n) is 4.89. The number of hydrogen-bond acceptors (Lipinski definition) is 6. The maximum absolute atomic E-state index is 13.5. The van der Waals surface area contributed by atoms with Gasteiger partial charge in [0.1, 0.15) is 17.8 Å². The van der Waals surface area contributed by atoms with Gasteiger partial charge in [0.25, 0.3) is 5.91 Å². The number of aliphatic hydroxyl groups is 1. The number of rotatable bonds is 7. The van der Waals surface area contributed by atoms with Crippen LogP contribution in [0.5, 0.6) is 0 Å². The van der Waals surface area contributed by atoms with E-state index in [0.29, 0.717) is 61.1 Å². The molecule has 2 aromatic carbocycles. The van der Waals surface area contributed by atoms with Crippen molar-refractivity contribution in [3.05, 3.63) is 83.3 Å². The van der Waals surface area contributed by atoms with Gasteiger partial charge in [-0.1, -0.05) is 29.8 Å². The number of H-pyrrole nitrogens is 1. The van der Waals surface area contributed by atoms with E-state index in [9.17, 15) is 14.7 Å². The molecule has 1 aliphatic heterocycles. The molecule has 0 saturated carbocycles. The van der Waals surface area contributed by atoms with Gasteiger partial charge in [0.15, 0.2) is 0 Å². The number of nitrogens with zero attached hydrogens (tertiary/aromatic N) is 4. The molecule has 3 N–H and O–H groups in total. The molecule has 4 aromatic rings. The van der Waals surface area contributed by atoms with Crippen LogP contribution in [-0.2, 0) is 10.4 Å². The molecule has 3 heterocycles. The second-order valence-electron chi connectivity index (χ2n) is 9.45. The third kappa shape index (κ3) is 5.34. The number of benzene rings is 2. The highest BCUT2D eigenvalue weighted by atomic mass is 35.5. The zero-order chi connectivity index (χ0) is 26.7. The molecule has 196 valence electrons. The average molecular weight is 533 g/mol. The van der Waals surface area contributed by atoms with Crippen molar-refractivity contribution in [2.45, 2.75) is 25.4 Å². The van der Waals surface area contributed by atoms with Crippen molar-refractivity contribution in [1.82, 2.24) is 25.2 Å². The van der Waals surface area contributed by atoms with E-state index in [2.05, 4.69) is 20.3 Å². The van der Waals surface area contributed by atoms with E-state index in [4.69, 9.17) is 11.6 Å². The van der Waals surface area contributed by atoms with E-state index in [-0.39, 0.29) is 11.8 Å². The monoisotopic (exact) mass is 532 g/mol. The van der Waals surface area contributed by atoms with Gasteiger partial charge in [-0.3, -0.25) is 9.59 Å². The minimum Gasteiger partial charge on any atom is -0.385 e. The first-order valence-electron chi connectivity index (χ1n) is 12.5. The zero-order valence-electron chi connectivity index (χ0n) is 21.0. The average Bonchev–Trinajstić information content (AvgIpc) is 3.41. The van der Waals surface area contributed by atoms with E-state index >= 15 is 0 Å². The number of carbonyl (C=O) groups excluding carboxylic acids is 2. The van der Waals surface area contributed by atoms with Crippen LogP contribution in [0.4, 0.5) is 11.5 Å². The lowest BCUT2D eigenvalue weighted by molar-refractivity contribution is -0.118. The summed E-state index contributed by atoms with van der Waals surface area (Å²) in [6.45, 7) is 3.20. The first-order valence-corrected chi connectivity index (χ1v) is 12.9. The fraction of sp³-hybridized carbons (Fsp3) is 0.286. The van der Waals surface area contributed by atoms with Crippen molar-refractivity contribution in [3.63, 3.8) is 0 Å². The number of likely N-dealkylation sites (tertiary alicyclic amines) is 1. The molecule has 1 fully saturated rings. The van der Waals surface area contributed by atoms with Gasteiger partial charge in [0, 0.05) is 55.6 Å². The zero-order valence-corrected chi connectivity index (χ0v) is 21.8. The quantitative estimate of drug-likeness (QED) is 0.331. The maximum atomic E-state index is 13.5. The standard InChI is InChI=1S/C28H29ClN6O3/c1-19(36)30-13-16-35(26-24-9-12-31-25(24)32-18-33-26)23-4-2-3-20(17-23)27(37)34-14-10-28(38,11-15-34)21-5-7-22(29)8-6-21/h2-9,12,17-18,38H,10-11,13-16H2,1H3,(H,30,36)(H,31,32,33). The molecule has 0 radical (unpaired) electrons. The number of halogens is 1. The predicted molar refractivity (Wildman–Crippen MR) is 147 cm³/mol. The van der Waals surface area contributed by atoms with Gasteiger partial charge in [-0.25, -0.2) is 9.97 Å². The van der Waals surface area contributed by atoms with Gasteiger partial charge in [0.05, 0.1) is 11.0 Å². The number of piperidine rings is 1. The van der Waals surface area contributed by atoms with Crippen molar-refractivity contribution in [2.75, 3.05) is 31.1 Å². The van der Waals surface area contributed by atoms with E-state index in [1.807, 2.05) is 41.3 Å². The second-order valence-corrected chi connectivity index (χ2v) is 9.89. The van der Waals surface area contributed by atoms with Crippen LogP contribution >= 0.6 is 11.6 Å². The molecule has 1 aliphatic rings. The maximum Gasteiger partial charge on any atom is 0.253 e. The summed E-state index contributed by atoms with van der Waals surface area (Å²) in [6, 6.07) is 16.5. The summed E-state index contributed by atoms with van der Waals surface area (Å²) >= 11 is 6.00. The molecule has 2 amide bonds. The van der Waals surface area contributed by atoms with Crippen LogP contribution in [0.25, 0.3) is 11.0 Å². The lowest BCUT2D eigenvalue weighted by Gasteiger charge is -2.38. The van der Waals surface area contributed by atoms with Crippen LogP contribution in [0.2, 0.25) is 5.02 Å². The lowest BCUT2D eigenvalue weighted by atomic mass is 9.84. The topological polar surface area (TPSA) is 114 Å². The summed E-state index contributed by atoms with van der Waals surface area (Å²) in [5, 5.41) is 15.5.